The second kappa shape index (κ2) is 10.3. The Hall–Kier alpha value is -3.13. The molecule has 0 aliphatic rings. The van der Waals surface area contributed by atoms with Crippen LogP contribution in [0.5, 0.6) is 0 Å². The average Bonchev–Trinajstić information content (AvgIpc) is 3.12. The molecule has 0 radical (unpaired) electrons. The molecule has 0 fully saturated rings. The summed E-state index contributed by atoms with van der Waals surface area (Å²) in [6, 6.07) is 13.6. The maximum atomic E-state index is 12.6. The minimum absolute atomic E-state index is 0.0715. The molecule has 162 valence electrons. The summed E-state index contributed by atoms with van der Waals surface area (Å²) in [6.45, 7) is 5.64. The van der Waals surface area contributed by atoms with Crippen molar-refractivity contribution >= 4 is 35.0 Å². The van der Waals surface area contributed by atoms with Crippen molar-refractivity contribution < 1.29 is 9.59 Å². The van der Waals surface area contributed by atoms with Gasteiger partial charge in [-0.2, -0.15) is 0 Å². The molecule has 31 heavy (non-hydrogen) atoms. The quantitative estimate of drug-likeness (QED) is 0.513. The zero-order valence-electron chi connectivity index (χ0n) is 18.2. The van der Waals surface area contributed by atoms with Gasteiger partial charge in [-0.05, 0) is 36.1 Å². The Morgan fingerprint density at radius 1 is 1.00 bits per heavy atom. The molecule has 1 heterocycles. The third-order valence-corrected chi connectivity index (χ3v) is 5.89. The third-order valence-electron chi connectivity index (χ3n) is 4.87. The molecule has 2 aromatic carbocycles. The lowest BCUT2D eigenvalue weighted by molar-refractivity contribution is -0.114. The van der Waals surface area contributed by atoms with E-state index in [1.807, 2.05) is 54.1 Å². The van der Waals surface area contributed by atoms with Crippen molar-refractivity contribution in [2.75, 3.05) is 16.4 Å². The number of carbonyl (C=O) groups is 2. The number of para-hydroxylation sites is 1. The fourth-order valence-electron chi connectivity index (χ4n) is 3.34. The summed E-state index contributed by atoms with van der Waals surface area (Å²) >= 11 is 1.34. The second-order valence-electron chi connectivity index (χ2n) is 7.12. The van der Waals surface area contributed by atoms with Gasteiger partial charge in [0.05, 0.1) is 5.75 Å². The fourth-order valence-corrected chi connectivity index (χ4v) is 4.05. The van der Waals surface area contributed by atoms with Crippen LogP contribution in [-0.4, -0.2) is 32.3 Å². The van der Waals surface area contributed by atoms with Crippen molar-refractivity contribution in [2.45, 2.75) is 38.8 Å². The molecule has 0 saturated heterocycles. The Balaban J connectivity index is 1.70. The number of carbonyl (C=O) groups excluding carboxylic acids is 2. The Morgan fingerprint density at radius 3 is 2.32 bits per heavy atom. The number of benzene rings is 2. The lowest BCUT2D eigenvalue weighted by Crippen LogP contribution is -2.17. The first kappa shape index (κ1) is 22.6. The van der Waals surface area contributed by atoms with E-state index in [0.29, 0.717) is 16.7 Å². The molecule has 3 aromatic rings. The monoisotopic (exact) mass is 437 g/mol. The molecule has 0 bridgehead atoms. The maximum absolute atomic E-state index is 12.6. The van der Waals surface area contributed by atoms with E-state index in [0.717, 1.165) is 35.2 Å². The molecule has 7 nitrogen and oxygen atoms in total. The third kappa shape index (κ3) is 5.52. The molecular weight excluding hydrogens is 410 g/mol. The van der Waals surface area contributed by atoms with Gasteiger partial charge in [0.15, 0.2) is 11.0 Å². The van der Waals surface area contributed by atoms with E-state index >= 15 is 0 Å². The lowest BCUT2D eigenvalue weighted by atomic mass is 10.0. The number of hydrogen-bond donors (Lipinski definition) is 2. The van der Waals surface area contributed by atoms with E-state index in [1.54, 1.807) is 0 Å². The molecule has 3 rings (SSSR count). The van der Waals surface area contributed by atoms with Crippen molar-refractivity contribution in [3.05, 3.63) is 53.6 Å². The first-order valence-corrected chi connectivity index (χ1v) is 11.2. The number of anilines is 2. The van der Waals surface area contributed by atoms with E-state index in [9.17, 15) is 9.59 Å². The predicted molar refractivity (Wildman–Crippen MR) is 125 cm³/mol. The molecule has 2 N–H and O–H groups in total. The van der Waals surface area contributed by atoms with Crippen molar-refractivity contribution in [2.24, 2.45) is 7.05 Å². The van der Waals surface area contributed by atoms with Gasteiger partial charge in [-0.1, -0.05) is 55.9 Å². The summed E-state index contributed by atoms with van der Waals surface area (Å²) in [7, 11) is 1.86. The summed E-state index contributed by atoms with van der Waals surface area (Å²) in [6.07, 6.45) is 1.72. The number of thioether (sulfide) groups is 1. The second-order valence-corrected chi connectivity index (χ2v) is 8.06. The normalized spacial score (nSPS) is 10.7. The van der Waals surface area contributed by atoms with Crippen molar-refractivity contribution in [1.82, 2.24) is 14.8 Å². The van der Waals surface area contributed by atoms with Crippen molar-refractivity contribution in [1.29, 1.82) is 0 Å². The maximum Gasteiger partial charge on any atom is 0.234 e. The van der Waals surface area contributed by atoms with Gasteiger partial charge in [0.2, 0.25) is 11.8 Å². The van der Waals surface area contributed by atoms with Gasteiger partial charge in [0.1, 0.15) is 0 Å². The van der Waals surface area contributed by atoms with E-state index in [4.69, 9.17) is 0 Å². The van der Waals surface area contributed by atoms with Crippen molar-refractivity contribution in [3.63, 3.8) is 0 Å². The molecule has 0 aliphatic heterocycles. The zero-order chi connectivity index (χ0) is 22.4. The first-order chi connectivity index (χ1) is 14.9. The van der Waals surface area contributed by atoms with Crippen LogP contribution in [0, 0.1) is 0 Å². The number of rotatable bonds is 8. The highest BCUT2D eigenvalue weighted by molar-refractivity contribution is 7.99. The Labute approximate surface area is 186 Å². The van der Waals surface area contributed by atoms with Crippen LogP contribution in [0.3, 0.4) is 0 Å². The van der Waals surface area contributed by atoms with Gasteiger partial charge in [-0.15, -0.1) is 10.2 Å². The standard InChI is InChI=1S/C23H27N5O2S/c1-5-16-9-7-10-17(6-2)21(16)25-20(30)14-31-23-27-26-22(28(23)4)18-11-8-12-19(13-18)24-15(3)29/h7-13H,5-6,14H2,1-4H3,(H,24,29)(H,25,30). The van der Waals surface area contributed by atoms with Crippen LogP contribution < -0.4 is 10.6 Å². The largest absolute Gasteiger partial charge is 0.326 e. The molecule has 0 spiro atoms. The van der Waals surface area contributed by atoms with Crippen LogP contribution in [0.2, 0.25) is 0 Å². The van der Waals surface area contributed by atoms with E-state index < -0.39 is 0 Å². The molecule has 0 aliphatic carbocycles. The molecular formula is C23H27N5O2S. The summed E-state index contributed by atoms with van der Waals surface area (Å²) in [5.74, 6) is 0.699. The zero-order valence-corrected chi connectivity index (χ0v) is 19.0. The van der Waals surface area contributed by atoms with Crippen LogP contribution in [0.1, 0.15) is 31.9 Å². The highest BCUT2D eigenvalue weighted by atomic mass is 32.2. The molecule has 8 heteroatoms. The number of aryl methyl sites for hydroxylation is 2. The van der Waals surface area contributed by atoms with Crippen LogP contribution in [-0.2, 0) is 29.5 Å². The highest BCUT2D eigenvalue weighted by Gasteiger charge is 2.15. The summed E-state index contributed by atoms with van der Waals surface area (Å²) in [5.41, 5.74) is 4.73. The molecule has 1 aromatic heterocycles. The minimum atomic E-state index is -0.131. The lowest BCUT2D eigenvalue weighted by Gasteiger charge is -2.14. The Bertz CT molecular complexity index is 1070. The van der Waals surface area contributed by atoms with Gasteiger partial charge < -0.3 is 15.2 Å². The van der Waals surface area contributed by atoms with Gasteiger partial charge in [-0.25, -0.2) is 0 Å². The topological polar surface area (TPSA) is 88.9 Å². The minimum Gasteiger partial charge on any atom is -0.326 e. The van der Waals surface area contributed by atoms with E-state index in [-0.39, 0.29) is 17.6 Å². The highest BCUT2D eigenvalue weighted by Crippen LogP contribution is 2.26. The summed E-state index contributed by atoms with van der Waals surface area (Å²) in [5, 5.41) is 15.0. The van der Waals surface area contributed by atoms with E-state index in [1.165, 1.54) is 18.7 Å². The number of nitrogens with one attached hydrogen (secondary N) is 2. The Morgan fingerprint density at radius 2 is 1.68 bits per heavy atom. The molecule has 2 amide bonds. The number of nitrogens with zero attached hydrogens (tertiary/aromatic N) is 3. The van der Waals surface area contributed by atoms with Crippen LogP contribution in [0.4, 0.5) is 11.4 Å². The summed E-state index contributed by atoms with van der Waals surface area (Å²) < 4.78 is 1.85. The van der Waals surface area contributed by atoms with Crippen LogP contribution >= 0.6 is 11.8 Å². The van der Waals surface area contributed by atoms with Gasteiger partial charge >= 0.3 is 0 Å². The Kier molecular flexibility index (Phi) is 7.46. The van der Waals surface area contributed by atoms with Gasteiger partial charge in [0.25, 0.3) is 0 Å². The van der Waals surface area contributed by atoms with Crippen LogP contribution in [0.15, 0.2) is 47.6 Å². The number of amides is 2. The van der Waals surface area contributed by atoms with E-state index in [2.05, 4.69) is 34.7 Å². The smallest absolute Gasteiger partial charge is 0.234 e. The average molecular weight is 438 g/mol. The molecule has 0 unspecified atom stereocenters. The SMILES string of the molecule is CCc1cccc(CC)c1NC(=O)CSc1nnc(-c2cccc(NC(C)=O)c2)n1C. The predicted octanol–water partition coefficient (Wildman–Crippen LogP) is 4.30. The van der Waals surface area contributed by atoms with Crippen LogP contribution in [0.25, 0.3) is 11.4 Å². The summed E-state index contributed by atoms with van der Waals surface area (Å²) in [4.78, 5) is 23.9. The fraction of sp³-hybridized carbons (Fsp3) is 0.304. The van der Waals surface area contributed by atoms with Gasteiger partial charge in [-0.3, -0.25) is 9.59 Å². The van der Waals surface area contributed by atoms with Crippen molar-refractivity contribution in [3.8, 4) is 11.4 Å². The molecule has 0 atom stereocenters. The number of hydrogen-bond acceptors (Lipinski definition) is 5. The first-order valence-electron chi connectivity index (χ1n) is 10.2. The van der Waals surface area contributed by atoms with Gasteiger partial charge in [0, 0.05) is 30.9 Å². The molecule has 0 saturated carbocycles. The number of aromatic nitrogens is 3.